The van der Waals surface area contributed by atoms with Crippen LogP contribution in [-0.4, -0.2) is 33.9 Å². The van der Waals surface area contributed by atoms with Crippen molar-refractivity contribution in [3.63, 3.8) is 0 Å². The first-order valence-corrected chi connectivity index (χ1v) is 11.0. The molecule has 0 bridgehead atoms. The number of carbonyl (C=O) groups excluding carboxylic acids is 1. The average molecular weight is 444 g/mol. The van der Waals surface area contributed by atoms with Gasteiger partial charge in [0.1, 0.15) is 22.3 Å². The second-order valence-electron chi connectivity index (χ2n) is 7.22. The summed E-state index contributed by atoms with van der Waals surface area (Å²) in [5, 5.41) is 0.913. The van der Waals surface area contributed by atoms with Crippen molar-refractivity contribution in [1.29, 1.82) is 0 Å². The molecule has 0 spiro atoms. The van der Waals surface area contributed by atoms with Crippen molar-refractivity contribution >= 4 is 51.3 Å². The lowest BCUT2D eigenvalue weighted by atomic mass is 10.1. The highest BCUT2D eigenvalue weighted by Crippen LogP contribution is 2.42. The molecule has 0 radical (unpaired) electrons. The Labute approximate surface area is 185 Å². The molecular formula is C21H23ClN6OS. The Morgan fingerprint density at radius 3 is 2.70 bits per heavy atom. The molecule has 2 N–H and O–H groups in total. The highest BCUT2D eigenvalue weighted by molar-refractivity contribution is 7.17. The Hall–Kier alpha value is -2.71. The third-order valence-corrected chi connectivity index (χ3v) is 6.27. The largest absolute Gasteiger partial charge is 0.365 e. The maximum atomic E-state index is 11.7. The van der Waals surface area contributed by atoms with Gasteiger partial charge in [-0.2, -0.15) is 0 Å². The molecule has 3 heterocycles. The second-order valence-corrected chi connectivity index (χ2v) is 8.64. The Balaban J connectivity index is 1.89. The number of halogens is 1. The number of amides is 1. The van der Waals surface area contributed by atoms with E-state index in [4.69, 9.17) is 18.7 Å². The number of hydrogen-bond acceptors (Lipinski definition) is 7. The van der Waals surface area contributed by atoms with Crippen LogP contribution in [0.4, 0.5) is 22.5 Å². The van der Waals surface area contributed by atoms with E-state index >= 15 is 0 Å². The van der Waals surface area contributed by atoms with Gasteiger partial charge in [0, 0.05) is 19.2 Å². The van der Waals surface area contributed by atoms with Gasteiger partial charge < -0.3 is 10.6 Å². The maximum absolute atomic E-state index is 11.7. The Bertz CT molecular complexity index is 1110. The van der Waals surface area contributed by atoms with E-state index in [0.717, 1.165) is 37.3 Å². The molecule has 0 aliphatic carbocycles. The van der Waals surface area contributed by atoms with E-state index in [-0.39, 0.29) is 0 Å². The lowest BCUT2D eigenvalue weighted by Crippen LogP contribution is -2.30. The molecule has 156 valence electrons. The number of aryl methyl sites for hydroxylation is 2. The van der Waals surface area contributed by atoms with Gasteiger partial charge in [0.2, 0.25) is 0 Å². The van der Waals surface area contributed by atoms with Crippen LogP contribution in [0.15, 0.2) is 30.4 Å². The predicted molar refractivity (Wildman–Crippen MR) is 121 cm³/mol. The zero-order chi connectivity index (χ0) is 22.1. The highest BCUT2D eigenvalue weighted by atomic mass is 35.5. The van der Waals surface area contributed by atoms with Crippen molar-refractivity contribution in [2.45, 2.75) is 33.1 Å². The number of aromatic nitrogens is 3. The van der Waals surface area contributed by atoms with E-state index in [1.807, 2.05) is 24.8 Å². The topological polar surface area (TPSA) is 88.2 Å². The molecule has 1 aliphatic rings. The van der Waals surface area contributed by atoms with Crippen molar-refractivity contribution in [2.24, 2.45) is 5.73 Å². The Morgan fingerprint density at radius 2 is 2.03 bits per heavy atom. The van der Waals surface area contributed by atoms with Crippen molar-refractivity contribution < 1.29 is 6.17 Å². The number of para-hydroxylation sites is 1. The van der Waals surface area contributed by atoms with Crippen LogP contribution in [0.3, 0.4) is 0 Å². The predicted octanol–water partition coefficient (Wildman–Crippen LogP) is 4.76. The normalized spacial score (nSPS) is 14.5. The highest BCUT2D eigenvalue weighted by Gasteiger charge is 2.24. The molecule has 30 heavy (non-hydrogen) atoms. The van der Waals surface area contributed by atoms with Gasteiger partial charge >= 0.3 is 0 Å². The molecule has 1 fully saturated rings. The molecule has 3 aromatic rings. The number of thiazole rings is 1. The van der Waals surface area contributed by atoms with Crippen LogP contribution in [-0.2, 0) is 0 Å². The van der Waals surface area contributed by atoms with Gasteiger partial charge in [-0.1, -0.05) is 35.0 Å². The number of primary amides is 1. The number of anilines is 4. The van der Waals surface area contributed by atoms with E-state index < -0.39 is 5.91 Å². The number of piperidine rings is 1. The lowest BCUT2D eigenvalue weighted by Gasteiger charge is -2.30. The van der Waals surface area contributed by atoms with Gasteiger partial charge in [-0.3, -0.25) is 9.69 Å². The number of hydrogen-bond donors (Lipinski definition) is 1. The fraction of sp³-hybridized carbons (Fsp3) is 0.333. The minimum absolute atomic E-state index is 0.316. The zero-order valence-electron chi connectivity index (χ0n) is 17.9. The smallest absolute Gasteiger partial charge is 0.260 e. The summed E-state index contributed by atoms with van der Waals surface area (Å²) in [4.78, 5) is 29.9. The fourth-order valence-electron chi connectivity index (χ4n) is 3.57. The molecule has 2 aromatic heterocycles. The molecule has 9 heteroatoms. The van der Waals surface area contributed by atoms with E-state index in [0.29, 0.717) is 38.4 Å². The maximum Gasteiger partial charge on any atom is 0.260 e. The van der Waals surface area contributed by atoms with Crippen LogP contribution < -0.4 is 15.5 Å². The molecule has 1 amide bonds. The number of carbonyl (C=O) groups is 1. The zero-order valence-corrected chi connectivity index (χ0v) is 18.4. The first kappa shape index (κ1) is 19.3. The van der Waals surface area contributed by atoms with E-state index in [9.17, 15) is 4.79 Å². The molecule has 0 unspecified atom stereocenters. The van der Waals surface area contributed by atoms with Crippen LogP contribution in [0.25, 0.3) is 0 Å². The van der Waals surface area contributed by atoms with Crippen molar-refractivity contribution in [2.75, 3.05) is 22.9 Å². The third-order valence-electron chi connectivity index (χ3n) is 4.98. The van der Waals surface area contributed by atoms with Gasteiger partial charge in [0.05, 0.1) is 18.3 Å². The van der Waals surface area contributed by atoms with Gasteiger partial charge in [0.15, 0.2) is 5.13 Å². The summed E-state index contributed by atoms with van der Waals surface area (Å²) in [6.07, 6.45) is 4.94. The van der Waals surface area contributed by atoms with Crippen molar-refractivity contribution in [3.05, 3.63) is 51.7 Å². The molecule has 0 atom stereocenters. The van der Waals surface area contributed by atoms with E-state index in [2.05, 4.69) is 19.9 Å². The molecule has 1 saturated heterocycles. The number of nitrogens with two attached hydrogens (primary N) is 1. The van der Waals surface area contributed by atoms with Crippen LogP contribution in [0.2, 0.25) is 5.02 Å². The second kappa shape index (κ2) is 8.57. The van der Waals surface area contributed by atoms with Gasteiger partial charge in [-0.25, -0.2) is 15.0 Å². The van der Waals surface area contributed by atoms with Crippen LogP contribution >= 0.6 is 22.9 Å². The first-order valence-electron chi connectivity index (χ1n) is 10.3. The van der Waals surface area contributed by atoms with Gasteiger partial charge in [-0.15, -0.1) is 0 Å². The Kier molecular flexibility index (Phi) is 5.50. The molecule has 7 nitrogen and oxygen atoms in total. The summed E-state index contributed by atoms with van der Waals surface area (Å²) in [7, 11) is 0. The van der Waals surface area contributed by atoms with Crippen LogP contribution in [0, 0.1) is 13.8 Å². The summed E-state index contributed by atoms with van der Waals surface area (Å²) in [6.45, 7) is 5.64. The molecule has 1 aromatic carbocycles. The quantitative estimate of drug-likeness (QED) is 0.611. The first-order chi connectivity index (χ1) is 14.8. The lowest BCUT2D eigenvalue weighted by molar-refractivity contribution is 0.100. The van der Waals surface area contributed by atoms with E-state index in [1.54, 1.807) is 12.1 Å². The Morgan fingerprint density at radius 1 is 1.27 bits per heavy atom. The van der Waals surface area contributed by atoms with E-state index in [1.165, 1.54) is 24.0 Å². The minimum atomic E-state index is -0.541. The number of nitrogens with zero attached hydrogens (tertiary/aromatic N) is 5. The minimum Gasteiger partial charge on any atom is -0.365 e. The monoisotopic (exact) mass is 443 g/mol. The summed E-state index contributed by atoms with van der Waals surface area (Å²) < 4.78 is 7.98. The van der Waals surface area contributed by atoms with Gasteiger partial charge in [-0.05, 0) is 44.7 Å². The average Bonchev–Trinajstić information content (AvgIpc) is 3.21. The van der Waals surface area contributed by atoms with Crippen LogP contribution in [0.5, 0.6) is 0 Å². The number of benzene rings is 1. The summed E-state index contributed by atoms with van der Waals surface area (Å²) in [5.74, 6) is 1.53. The molecule has 0 saturated carbocycles. The SMILES string of the molecule is [2H]c1cc(C)c(N(c2cc(N3CCCCC3)nc(C)n2)c2ncc(C(N)=O)s2)c(Cl)c1. The molecular weight excluding hydrogens is 420 g/mol. The number of rotatable bonds is 5. The van der Waals surface area contributed by atoms with Gasteiger partial charge in [0.25, 0.3) is 5.91 Å². The van der Waals surface area contributed by atoms with Crippen molar-refractivity contribution in [1.82, 2.24) is 15.0 Å². The summed E-state index contributed by atoms with van der Waals surface area (Å²) in [5.41, 5.74) is 6.91. The standard InChI is InChI=1S/C21H23ClN6OS/c1-13-7-6-8-15(22)19(13)28(21-24-12-16(30-21)20(23)29)18-11-17(25-14(2)26-18)27-9-4-3-5-10-27/h6-8,11-12H,3-5,9-10H2,1-2H3,(H2,23,29)/i6D. The fourth-order valence-corrected chi connectivity index (χ4v) is 4.66. The third kappa shape index (κ3) is 4.11. The molecule has 1 aliphatic heterocycles. The van der Waals surface area contributed by atoms with Crippen molar-refractivity contribution in [3.8, 4) is 0 Å². The van der Waals surface area contributed by atoms with Crippen LogP contribution in [0.1, 0.15) is 41.7 Å². The summed E-state index contributed by atoms with van der Waals surface area (Å²) in [6, 6.07) is 5.56. The summed E-state index contributed by atoms with van der Waals surface area (Å²) >= 11 is 7.77. The molecule has 4 rings (SSSR count).